The first-order valence-electron chi connectivity index (χ1n) is 9.90. The van der Waals surface area contributed by atoms with Crippen LogP contribution >= 0.6 is 23.2 Å². The molecule has 4 aliphatic carbocycles. The van der Waals surface area contributed by atoms with Gasteiger partial charge in [0.15, 0.2) is 0 Å². The summed E-state index contributed by atoms with van der Waals surface area (Å²) >= 11 is 12.1. The van der Waals surface area contributed by atoms with Gasteiger partial charge in [0.05, 0.1) is 16.1 Å². The Labute approximate surface area is 169 Å². The van der Waals surface area contributed by atoms with Crippen molar-refractivity contribution < 1.29 is 9.59 Å². The number of carbonyl (C=O) groups is 2. The van der Waals surface area contributed by atoms with Crippen LogP contribution < -0.4 is 0 Å². The summed E-state index contributed by atoms with van der Waals surface area (Å²) < 4.78 is 0. The third kappa shape index (κ3) is 2.49. The molecule has 1 heterocycles. The molecule has 2 amide bonds. The van der Waals surface area contributed by atoms with Crippen LogP contribution in [0.1, 0.15) is 56.3 Å². The zero-order chi connectivity index (χ0) is 19.1. The van der Waals surface area contributed by atoms with E-state index in [0.29, 0.717) is 27.4 Å². The summed E-state index contributed by atoms with van der Waals surface area (Å²) in [4.78, 5) is 26.4. The number of benzene rings is 1. The van der Waals surface area contributed by atoms with Crippen LogP contribution in [0.3, 0.4) is 0 Å². The lowest BCUT2D eigenvalue weighted by molar-refractivity contribution is -0.230. The van der Waals surface area contributed by atoms with Crippen LogP contribution in [0, 0.1) is 23.7 Å². The van der Waals surface area contributed by atoms with Crippen LogP contribution in [0.15, 0.2) is 18.2 Å². The van der Waals surface area contributed by atoms with E-state index in [1.165, 1.54) is 32.1 Å². The van der Waals surface area contributed by atoms with E-state index in [4.69, 9.17) is 23.2 Å². The Kier molecular flexibility index (Phi) is 3.87. The Morgan fingerprint density at radius 1 is 1.00 bits per heavy atom. The van der Waals surface area contributed by atoms with E-state index in [0.717, 1.165) is 11.8 Å². The second-order valence-electron chi connectivity index (χ2n) is 9.38. The third-order valence-electron chi connectivity index (χ3n) is 7.29. The van der Waals surface area contributed by atoms with Crippen molar-refractivity contribution in [1.82, 2.24) is 10.0 Å². The number of nitrogens with zero attached hydrogens (tertiary/aromatic N) is 2. The summed E-state index contributed by atoms with van der Waals surface area (Å²) in [6.07, 6.45) is 6.19. The molecule has 27 heavy (non-hydrogen) atoms. The van der Waals surface area contributed by atoms with Crippen LogP contribution in [0.2, 0.25) is 10.0 Å². The van der Waals surface area contributed by atoms with Crippen molar-refractivity contribution in [2.24, 2.45) is 23.7 Å². The molecule has 5 aliphatic rings. The molecule has 4 saturated carbocycles. The van der Waals surface area contributed by atoms with Gasteiger partial charge in [-0.2, -0.15) is 0 Å². The first-order valence-corrected chi connectivity index (χ1v) is 10.7. The van der Waals surface area contributed by atoms with Crippen molar-refractivity contribution in [2.45, 2.75) is 57.5 Å². The Balaban J connectivity index is 1.48. The minimum atomic E-state index is -0.822. The zero-order valence-electron chi connectivity index (χ0n) is 15.6. The highest BCUT2D eigenvalue weighted by molar-refractivity contribution is 6.42. The fourth-order valence-electron chi connectivity index (χ4n) is 6.35. The van der Waals surface area contributed by atoms with Crippen LogP contribution in [-0.4, -0.2) is 33.4 Å². The number of amides is 2. The smallest absolute Gasteiger partial charge is 0.270 e. The highest BCUT2D eigenvalue weighted by Crippen LogP contribution is 2.57. The Bertz CT molecular complexity index is 809. The van der Waals surface area contributed by atoms with Crippen molar-refractivity contribution in [3.8, 4) is 0 Å². The quantitative estimate of drug-likeness (QED) is 0.707. The van der Waals surface area contributed by atoms with Gasteiger partial charge < -0.3 is 0 Å². The number of hydrogen-bond donors (Lipinski definition) is 0. The summed E-state index contributed by atoms with van der Waals surface area (Å²) in [5.41, 5.74) is -0.350. The Morgan fingerprint density at radius 2 is 1.59 bits per heavy atom. The van der Waals surface area contributed by atoms with Crippen molar-refractivity contribution >= 4 is 35.0 Å². The van der Waals surface area contributed by atoms with Gasteiger partial charge in [0.2, 0.25) is 0 Å². The third-order valence-corrected chi connectivity index (χ3v) is 8.03. The lowest BCUT2D eigenvalue weighted by Gasteiger charge is -2.65. The van der Waals surface area contributed by atoms with E-state index in [9.17, 15) is 9.59 Å². The topological polar surface area (TPSA) is 40.6 Å². The average molecular weight is 407 g/mol. The van der Waals surface area contributed by atoms with Gasteiger partial charge in [-0.05, 0) is 87.8 Å². The molecule has 6 rings (SSSR count). The lowest BCUT2D eigenvalue weighted by Crippen LogP contribution is -2.80. The largest absolute Gasteiger partial charge is 0.273 e. The molecule has 0 atom stereocenters. The summed E-state index contributed by atoms with van der Waals surface area (Å²) in [6.45, 7) is 3.66. The fourth-order valence-corrected chi connectivity index (χ4v) is 6.65. The maximum absolute atomic E-state index is 13.3. The van der Waals surface area contributed by atoms with E-state index >= 15 is 0 Å². The summed E-state index contributed by atoms with van der Waals surface area (Å²) in [5.74, 6) is 2.61. The van der Waals surface area contributed by atoms with Gasteiger partial charge in [-0.15, -0.1) is 0 Å². The number of halogens is 2. The minimum Gasteiger partial charge on any atom is -0.270 e. The highest BCUT2D eigenvalue weighted by atomic mass is 35.5. The predicted octanol–water partition coefficient (Wildman–Crippen LogP) is 4.80. The molecule has 6 heteroatoms. The van der Waals surface area contributed by atoms with Gasteiger partial charge in [-0.3, -0.25) is 9.59 Å². The van der Waals surface area contributed by atoms with Gasteiger partial charge in [0.1, 0.15) is 5.54 Å². The molecule has 1 aromatic rings. The maximum atomic E-state index is 13.3. The summed E-state index contributed by atoms with van der Waals surface area (Å²) in [6, 6.07) is 5.09. The number of hydrazine groups is 1. The number of carbonyl (C=O) groups excluding carboxylic acids is 2. The molecule has 5 fully saturated rings. The molecule has 1 aromatic carbocycles. The van der Waals surface area contributed by atoms with Gasteiger partial charge in [0.25, 0.3) is 11.8 Å². The van der Waals surface area contributed by atoms with Crippen LogP contribution in [0.5, 0.6) is 0 Å². The standard InChI is InChI=1S/C21H24Cl2N2O2/c1-21(2)20(27)24(18-14-6-11-5-12(8-14)9-15(18)7-11)25(21)19(26)13-3-4-16(22)17(23)10-13/h3-4,10-12,14-15,18H,5-9H2,1-2H3. The Hall–Kier alpha value is -1.26. The van der Waals surface area contributed by atoms with Crippen LogP contribution in [-0.2, 0) is 4.79 Å². The van der Waals surface area contributed by atoms with Crippen molar-refractivity contribution in [1.29, 1.82) is 0 Å². The molecule has 0 N–H and O–H groups in total. The predicted molar refractivity (Wildman–Crippen MR) is 104 cm³/mol. The van der Waals surface area contributed by atoms with E-state index in [-0.39, 0.29) is 17.9 Å². The molecule has 144 valence electrons. The lowest BCUT2D eigenvalue weighted by atomic mass is 9.53. The molecule has 4 nitrogen and oxygen atoms in total. The number of rotatable bonds is 2. The summed E-state index contributed by atoms with van der Waals surface area (Å²) in [7, 11) is 0. The van der Waals surface area contributed by atoms with Crippen LogP contribution in [0.4, 0.5) is 0 Å². The van der Waals surface area contributed by atoms with Gasteiger partial charge in [0, 0.05) is 5.56 Å². The zero-order valence-corrected chi connectivity index (χ0v) is 17.1. The first-order chi connectivity index (χ1) is 12.8. The second-order valence-corrected chi connectivity index (χ2v) is 10.2. The summed E-state index contributed by atoms with van der Waals surface area (Å²) in [5, 5.41) is 4.26. The van der Waals surface area contributed by atoms with Crippen molar-refractivity contribution in [2.75, 3.05) is 0 Å². The number of hydrogen-bond acceptors (Lipinski definition) is 2. The van der Waals surface area contributed by atoms with E-state index in [2.05, 4.69) is 0 Å². The van der Waals surface area contributed by atoms with Gasteiger partial charge in [-0.1, -0.05) is 23.2 Å². The normalized spacial score (nSPS) is 36.1. The molecule has 0 aromatic heterocycles. The van der Waals surface area contributed by atoms with E-state index < -0.39 is 5.54 Å². The monoisotopic (exact) mass is 406 g/mol. The molecule has 4 bridgehead atoms. The van der Waals surface area contributed by atoms with Crippen molar-refractivity contribution in [3.63, 3.8) is 0 Å². The molecule has 0 spiro atoms. The van der Waals surface area contributed by atoms with E-state index in [1.54, 1.807) is 28.2 Å². The maximum Gasteiger partial charge on any atom is 0.273 e. The molecular weight excluding hydrogens is 383 g/mol. The molecule has 0 unspecified atom stereocenters. The highest BCUT2D eigenvalue weighted by Gasteiger charge is 2.62. The SMILES string of the molecule is CC1(C)C(=O)N(C2C3CC4CC(C3)CC2C4)N1C(=O)c1ccc(Cl)c(Cl)c1. The molecule has 1 aliphatic heterocycles. The average Bonchev–Trinajstić information content (AvgIpc) is 2.61. The fraction of sp³-hybridized carbons (Fsp3) is 0.619. The molecule has 1 saturated heterocycles. The molecular formula is C21H24Cl2N2O2. The Morgan fingerprint density at radius 3 is 2.15 bits per heavy atom. The first kappa shape index (κ1) is 17.8. The van der Waals surface area contributed by atoms with Crippen molar-refractivity contribution in [3.05, 3.63) is 33.8 Å². The van der Waals surface area contributed by atoms with E-state index in [1.807, 2.05) is 13.8 Å². The molecule has 0 radical (unpaired) electrons. The minimum absolute atomic E-state index is 0.0633. The van der Waals surface area contributed by atoms with Crippen LogP contribution in [0.25, 0.3) is 0 Å². The van der Waals surface area contributed by atoms with Gasteiger partial charge in [-0.25, -0.2) is 10.0 Å². The second kappa shape index (κ2) is 5.87. The van der Waals surface area contributed by atoms with Gasteiger partial charge >= 0.3 is 0 Å².